The molecule has 25 heavy (non-hydrogen) atoms. The molecule has 0 spiro atoms. The van der Waals surface area contributed by atoms with Gasteiger partial charge in [0.05, 0.1) is 0 Å². The maximum absolute atomic E-state index is 2.99. The van der Waals surface area contributed by atoms with Crippen molar-refractivity contribution in [3.63, 3.8) is 0 Å². The number of hydrogen-bond acceptors (Lipinski definition) is 0. The Hall–Kier alpha value is -1.54. The zero-order chi connectivity index (χ0) is 17.7. The molecule has 0 amide bonds. The van der Waals surface area contributed by atoms with E-state index in [1.807, 2.05) is 0 Å². The second-order valence-electron chi connectivity index (χ2n) is 6.64. The van der Waals surface area contributed by atoms with Crippen molar-refractivity contribution in [1.29, 1.82) is 0 Å². The van der Waals surface area contributed by atoms with E-state index in [4.69, 9.17) is 0 Å². The monoisotopic (exact) mass is 436 g/mol. The summed E-state index contributed by atoms with van der Waals surface area (Å²) in [6.07, 6.45) is 2.24. The fourth-order valence-corrected chi connectivity index (χ4v) is 18.3. The Bertz CT molecular complexity index is 767. The number of rotatable bonds is 6. The normalized spacial score (nSPS) is 11.5. The predicted octanol–water partition coefficient (Wildman–Crippen LogP) is 4.30. The Morgan fingerprint density at radius 1 is 0.600 bits per heavy atom. The van der Waals surface area contributed by atoms with Crippen LogP contribution in [0.3, 0.4) is 0 Å². The molecule has 0 atom stereocenters. The van der Waals surface area contributed by atoms with Crippen LogP contribution in [0.4, 0.5) is 0 Å². The van der Waals surface area contributed by atoms with Crippen molar-refractivity contribution < 1.29 is 0 Å². The van der Waals surface area contributed by atoms with Gasteiger partial charge in [0.25, 0.3) is 0 Å². The van der Waals surface area contributed by atoms with E-state index in [2.05, 4.69) is 99.6 Å². The van der Waals surface area contributed by atoms with Gasteiger partial charge in [-0.2, -0.15) is 0 Å². The summed E-state index contributed by atoms with van der Waals surface area (Å²) in [6, 6.07) is 29.7. The third kappa shape index (κ3) is 3.29. The Kier molecular flexibility index (Phi) is 6.01. The van der Waals surface area contributed by atoms with E-state index in [1.54, 1.807) is 16.3 Å². The fraction of sp³-hybridized carbons (Fsp3) is 0.250. The van der Waals surface area contributed by atoms with Crippen molar-refractivity contribution in [2.75, 3.05) is 0 Å². The first-order valence-corrected chi connectivity index (χ1v) is 15.8. The topological polar surface area (TPSA) is 0 Å². The summed E-state index contributed by atoms with van der Waals surface area (Å²) in [7, 11) is 0. The summed E-state index contributed by atoms with van der Waals surface area (Å²) >= 11 is -2.99. The Morgan fingerprint density at radius 3 is 1.60 bits per heavy atom. The van der Waals surface area contributed by atoms with Gasteiger partial charge in [-0.1, -0.05) is 0 Å². The summed E-state index contributed by atoms with van der Waals surface area (Å²) in [6.45, 7) is 7.01. The van der Waals surface area contributed by atoms with Gasteiger partial charge in [-0.05, 0) is 0 Å². The minimum absolute atomic E-state index is 1.12. The van der Waals surface area contributed by atoms with Crippen LogP contribution in [-0.2, 0) is 12.8 Å². The Labute approximate surface area is 156 Å². The molecule has 3 aromatic rings. The van der Waals surface area contributed by atoms with Gasteiger partial charge in [-0.15, -0.1) is 0 Å². The molecule has 0 bridgehead atoms. The van der Waals surface area contributed by atoms with Gasteiger partial charge in [0, 0.05) is 0 Å². The van der Waals surface area contributed by atoms with Gasteiger partial charge >= 0.3 is 157 Å². The van der Waals surface area contributed by atoms with Crippen molar-refractivity contribution in [2.45, 2.75) is 38.0 Å². The van der Waals surface area contributed by atoms with E-state index in [9.17, 15) is 0 Å². The molecule has 0 fully saturated rings. The van der Waals surface area contributed by atoms with Crippen molar-refractivity contribution >= 4 is 29.1 Å². The maximum atomic E-state index is 2.44. The molecule has 0 aliphatic rings. The van der Waals surface area contributed by atoms with Gasteiger partial charge in [0.15, 0.2) is 0 Å². The molecule has 0 saturated heterocycles. The van der Waals surface area contributed by atoms with Gasteiger partial charge in [-0.25, -0.2) is 0 Å². The van der Waals surface area contributed by atoms with Crippen LogP contribution in [0.1, 0.15) is 31.9 Å². The average molecular weight is 435 g/mol. The van der Waals surface area contributed by atoms with Gasteiger partial charge in [0.1, 0.15) is 0 Å². The van der Waals surface area contributed by atoms with Crippen LogP contribution in [-0.4, -0.2) is 18.4 Å². The van der Waals surface area contributed by atoms with Crippen LogP contribution >= 0.6 is 0 Å². The molecular formula is C24H28Sn. The molecule has 0 aliphatic heterocycles. The molecule has 0 nitrogen and oxygen atoms in total. The molecule has 3 rings (SSSR count). The van der Waals surface area contributed by atoms with Crippen molar-refractivity contribution in [3.8, 4) is 0 Å². The van der Waals surface area contributed by atoms with Gasteiger partial charge < -0.3 is 0 Å². The van der Waals surface area contributed by atoms with Gasteiger partial charge in [-0.3, -0.25) is 0 Å². The van der Waals surface area contributed by atoms with E-state index in [1.165, 1.54) is 10.0 Å². The van der Waals surface area contributed by atoms with Crippen molar-refractivity contribution in [3.05, 3.63) is 90.0 Å². The Morgan fingerprint density at radius 2 is 1.16 bits per heavy atom. The molecule has 0 N–H and O–H groups in total. The summed E-state index contributed by atoms with van der Waals surface area (Å²) < 4.78 is 6.11. The first kappa shape index (κ1) is 18.3. The molecule has 0 heterocycles. The standard InChI is InChI=1S/C10H13.2C6H5.C2H5.Sn/c1-3-9-7-5-6-8-10(9)4-2;2*1-2-4-6-5-3-1;1-2;/h5-7H,3-4H2,1-2H3;2*1-5H;1H2,2H3;. The van der Waals surface area contributed by atoms with Crippen LogP contribution in [0.2, 0.25) is 4.44 Å². The third-order valence-corrected chi connectivity index (χ3v) is 20.0. The Balaban J connectivity index is 2.37. The SMILES string of the molecule is CCc1ccc[c]([Sn]([CH2]C)([c]2ccccc2)[c]2ccccc2)c1CC. The van der Waals surface area contributed by atoms with Crippen LogP contribution in [0, 0.1) is 0 Å². The molecule has 0 aromatic heterocycles. The molecule has 0 aliphatic carbocycles. The molecule has 128 valence electrons. The van der Waals surface area contributed by atoms with Crippen molar-refractivity contribution in [2.24, 2.45) is 0 Å². The van der Waals surface area contributed by atoms with Crippen LogP contribution in [0.15, 0.2) is 78.9 Å². The zero-order valence-electron chi connectivity index (χ0n) is 15.6. The molecule has 1 heteroatoms. The summed E-state index contributed by atoms with van der Waals surface area (Å²) in [4.78, 5) is 0. The van der Waals surface area contributed by atoms with E-state index < -0.39 is 18.4 Å². The molecule has 3 aromatic carbocycles. The van der Waals surface area contributed by atoms with Crippen LogP contribution < -0.4 is 10.7 Å². The van der Waals surface area contributed by atoms with E-state index in [-0.39, 0.29) is 0 Å². The van der Waals surface area contributed by atoms with Crippen LogP contribution in [0.5, 0.6) is 0 Å². The first-order chi connectivity index (χ1) is 12.3. The fourth-order valence-electron chi connectivity index (χ4n) is 4.30. The molecule has 0 radical (unpaired) electrons. The summed E-state index contributed by atoms with van der Waals surface area (Å²) in [5, 5.41) is 0. The van der Waals surface area contributed by atoms with E-state index in [0.717, 1.165) is 12.8 Å². The van der Waals surface area contributed by atoms with E-state index in [0.29, 0.717) is 0 Å². The second kappa shape index (κ2) is 8.23. The predicted molar refractivity (Wildman–Crippen MR) is 113 cm³/mol. The molecule has 0 unspecified atom stereocenters. The molecule has 0 saturated carbocycles. The summed E-state index contributed by atoms with van der Waals surface area (Å²) in [5.74, 6) is 0. The number of aryl methyl sites for hydroxylation is 1. The number of hydrogen-bond donors (Lipinski definition) is 0. The number of benzene rings is 3. The quantitative estimate of drug-likeness (QED) is 0.507. The van der Waals surface area contributed by atoms with Crippen molar-refractivity contribution in [1.82, 2.24) is 0 Å². The third-order valence-electron chi connectivity index (χ3n) is 5.53. The minimum atomic E-state index is -2.99. The summed E-state index contributed by atoms with van der Waals surface area (Å²) in [5.41, 5.74) is 3.14. The van der Waals surface area contributed by atoms with Crippen LogP contribution in [0.25, 0.3) is 0 Å². The van der Waals surface area contributed by atoms with Gasteiger partial charge in [0.2, 0.25) is 0 Å². The van der Waals surface area contributed by atoms with E-state index >= 15 is 0 Å². The molecular weight excluding hydrogens is 407 g/mol. The first-order valence-electron chi connectivity index (χ1n) is 9.50. The average Bonchev–Trinajstić information content (AvgIpc) is 2.70. The zero-order valence-corrected chi connectivity index (χ0v) is 18.5. The second-order valence-corrected chi connectivity index (χ2v) is 18.7.